The fraction of sp³-hybridized carbons (Fsp3) is 0.296. The van der Waals surface area contributed by atoms with Crippen LogP contribution in [0, 0.1) is 0 Å². The van der Waals surface area contributed by atoms with Gasteiger partial charge in [0.15, 0.2) is 0 Å². The molecule has 9 nitrogen and oxygen atoms in total. The van der Waals surface area contributed by atoms with E-state index in [0.717, 1.165) is 11.1 Å². The summed E-state index contributed by atoms with van der Waals surface area (Å²) in [6.07, 6.45) is 2.72. The van der Waals surface area contributed by atoms with Crippen LogP contribution >= 0.6 is 0 Å². The maximum atomic E-state index is 13.6. The van der Waals surface area contributed by atoms with Gasteiger partial charge in [-0.2, -0.15) is 0 Å². The Morgan fingerprint density at radius 2 is 1.81 bits per heavy atom. The molecular formula is C27H24N2O7S. The number of carbonyl (C=O) groups excluding carboxylic acids is 3. The van der Waals surface area contributed by atoms with Gasteiger partial charge in [0, 0.05) is 5.57 Å². The second-order valence-corrected chi connectivity index (χ2v) is 10.8. The number of β-lactam (4-membered cyclic amide) rings is 1. The molecule has 0 aromatic heterocycles. The molecule has 0 aliphatic carbocycles. The minimum atomic E-state index is -1.59. The van der Waals surface area contributed by atoms with Crippen LogP contribution in [-0.4, -0.2) is 62.9 Å². The van der Waals surface area contributed by atoms with Crippen LogP contribution in [0.15, 0.2) is 78.0 Å². The molecule has 37 heavy (non-hydrogen) atoms. The van der Waals surface area contributed by atoms with E-state index < -0.39 is 51.5 Å². The zero-order valence-corrected chi connectivity index (χ0v) is 20.7. The lowest BCUT2D eigenvalue weighted by molar-refractivity contribution is -0.153. The average molecular weight is 521 g/mol. The topological polar surface area (TPSA) is 111 Å². The van der Waals surface area contributed by atoms with E-state index in [4.69, 9.17) is 14.2 Å². The predicted molar refractivity (Wildman–Crippen MR) is 132 cm³/mol. The van der Waals surface area contributed by atoms with Crippen LogP contribution in [0.25, 0.3) is 0 Å². The highest BCUT2D eigenvalue weighted by Crippen LogP contribution is 2.47. The van der Waals surface area contributed by atoms with Gasteiger partial charge in [0.2, 0.25) is 5.91 Å². The lowest BCUT2D eigenvalue weighted by Crippen LogP contribution is -2.75. The summed E-state index contributed by atoms with van der Waals surface area (Å²) < 4.78 is 30.3. The number of ether oxygens (including phenoxy) is 3. The van der Waals surface area contributed by atoms with E-state index in [0.29, 0.717) is 11.3 Å². The smallest absolute Gasteiger partial charge is 0.355 e. The Labute approximate surface area is 215 Å². The van der Waals surface area contributed by atoms with Crippen molar-refractivity contribution in [3.05, 3.63) is 89.1 Å². The summed E-state index contributed by atoms with van der Waals surface area (Å²) in [6, 6.07) is 15.2. The lowest BCUT2D eigenvalue weighted by Gasteiger charge is -2.51. The molecule has 2 aromatic rings. The fourth-order valence-electron chi connectivity index (χ4n) is 5.21. The zero-order valence-electron chi connectivity index (χ0n) is 19.9. The summed E-state index contributed by atoms with van der Waals surface area (Å²) in [5.41, 5.74) is 2.12. The van der Waals surface area contributed by atoms with Crippen molar-refractivity contribution < 1.29 is 32.8 Å². The summed E-state index contributed by atoms with van der Waals surface area (Å²) in [5, 5.41) is 1.27. The molecule has 0 radical (unpaired) electrons. The quantitative estimate of drug-likeness (QED) is 0.333. The van der Waals surface area contributed by atoms with E-state index in [9.17, 15) is 18.6 Å². The Balaban J connectivity index is 1.24. The molecule has 0 spiro atoms. The molecular weight excluding hydrogens is 496 g/mol. The Morgan fingerprint density at radius 1 is 1.05 bits per heavy atom. The number of esters is 1. The van der Waals surface area contributed by atoms with Gasteiger partial charge in [0.1, 0.15) is 35.6 Å². The number of hydrogen-bond acceptors (Lipinski definition) is 7. The molecule has 2 saturated heterocycles. The molecule has 6 rings (SSSR count). The molecule has 4 aliphatic rings. The van der Waals surface area contributed by atoms with Crippen molar-refractivity contribution in [3.8, 4) is 5.75 Å². The first-order valence-corrected chi connectivity index (χ1v) is 13.2. The van der Waals surface area contributed by atoms with Crippen LogP contribution in [0.2, 0.25) is 0 Å². The number of carbonyl (C=O) groups is 3. The second-order valence-electron chi connectivity index (χ2n) is 9.19. The van der Waals surface area contributed by atoms with Gasteiger partial charge in [-0.25, -0.2) is 4.79 Å². The van der Waals surface area contributed by atoms with E-state index in [1.165, 1.54) is 4.90 Å². The molecule has 0 saturated carbocycles. The third-order valence-corrected chi connectivity index (χ3v) is 8.96. The number of hydrogen-bond donors (Lipinski definition) is 1. The first-order chi connectivity index (χ1) is 18.0. The maximum Gasteiger partial charge on any atom is 0.355 e. The van der Waals surface area contributed by atoms with Crippen LogP contribution in [0.3, 0.4) is 0 Å². The van der Waals surface area contributed by atoms with E-state index in [1.807, 2.05) is 36.4 Å². The second kappa shape index (κ2) is 9.28. The number of nitrogens with zero attached hydrogens (tertiary/aromatic N) is 1. The largest absolute Gasteiger partial charge is 0.497 e. The van der Waals surface area contributed by atoms with Crippen molar-refractivity contribution in [2.24, 2.45) is 0 Å². The van der Waals surface area contributed by atoms with Gasteiger partial charge in [-0.05, 0) is 23.3 Å². The Morgan fingerprint density at radius 3 is 2.54 bits per heavy atom. The Hall–Kier alpha value is -3.76. The normalized spacial score (nSPS) is 28.9. The number of nitrogens with one attached hydrogen (secondary N) is 1. The number of benzene rings is 2. The molecule has 0 unspecified atom stereocenters. The molecule has 4 aliphatic heterocycles. The van der Waals surface area contributed by atoms with Crippen LogP contribution in [0.4, 0.5) is 0 Å². The standard InChI is InChI=1S/C27H24N2O7S/c1-34-17-9-7-16(8-10-17)14-35-27(32)23-21-18-11-12-19(36-18)24(21)37(33)26-22(25(31)29(23)26)28-20(30)13-15-5-3-2-4-6-15/h2-12,18-19,22,24,26H,13-14H2,1H3,(H,28,30)/t18-,19+,22+,24-,26+,37-/m0/s1. The van der Waals surface area contributed by atoms with Crippen molar-refractivity contribution in [2.75, 3.05) is 7.11 Å². The molecule has 6 atom stereocenters. The molecule has 2 amide bonds. The van der Waals surface area contributed by atoms with Crippen molar-refractivity contribution in [1.82, 2.24) is 10.2 Å². The fourth-order valence-corrected chi connectivity index (χ4v) is 7.29. The third-order valence-electron chi connectivity index (χ3n) is 6.98. The van der Waals surface area contributed by atoms with Gasteiger partial charge in [0.25, 0.3) is 5.91 Å². The van der Waals surface area contributed by atoms with Gasteiger partial charge in [-0.15, -0.1) is 0 Å². The highest BCUT2D eigenvalue weighted by molar-refractivity contribution is 7.86. The molecule has 2 aromatic carbocycles. The number of fused-ring (bicyclic) bond motifs is 6. The van der Waals surface area contributed by atoms with E-state index in [2.05, 4.69) is 5.32 Å². The van der Waals surface area contributed by atoms with Crippen LogP contribution < -0.4 is 10.1 Å². The minimum Gasteiger partial charge on any atom is -0.497 e. The van der Waals surface area contributed by atoms with Crippen molar-refractivity contribution >= 4 is 28.6 Å². The molecule has 4 heterocycles. The summed E-state index contributed by atoms with van der Waals surface area (Å²) in [7, 11) is -0.0277. The Kier molecular flexibility index (Phi) is 5.92. The highest BCUT2D eigenvalue weighted by Gasteiger charge is 2.64. The van der Waals surface area contributed by atoms with Gasteiger partial charge in [-0.3, -0.25) is 18.7 Å². The minimum absolute atomic E-state index is 0.0118. The monoisotopic (exact) mass is 520 g/mol. The van der Waals surface area contributed by atoms with Gasteiger partial charge < -0.3 is 19.5 Å². The molecule has 2 fully saturated rings. The summed E-state index contributed by atoms with van der Waals surface area (Å²) in [6.45, 7) is -0.0118. The average Bonchev–Trinajstić information content (AvgIpc) is 3.54. The molecule has 1 N–H and O–H groups in total. The van der Waals surface area contributed by atoms with Gasteiger partial charge >= 0.3 is 5.97 Å². The zero-order chi connectivity index (χ0) is 25.7. The molecule has 2 bridgehead atoms. The van der Waals surface area contributed by atoms with E-state index in [-0.39, 0.29) is 24.6 Å². The Bertz CT molecular complexity index is 1350. The number of rotatable bonds is 7. The first kappa shape index (κ1) is 23.6. The molecule has 10 heteroatoms. The van der Waals surface area contributed by atoms with E-state index >= 15 is 0 Å². The van der Waals surface area contributed by atoms with Gasteiger partial charge in [-0.1, -0.05) is 54.6 Å². The number of amides is 2. The van der Waals surface area contributed by atoms with Crippen molar-refractivity contribution in [1.29, 1.82) is 0 Å². The number of methoxy groups -OCH3 is 1. The SMILES string of the molecule is COc1ccc(COC(=O)C2=C3[C@@H]4C=C[C@@H](O4)[C@@H]3[S@](=O)[C@@H]3[C@H](NC(=O)Cc4ccccc4)C(=O)N23)cc1. The summed E-state index contributed by atoms with van der Waals surface area (Å²) >= 11 is 0. The lowest BCUT2D eigenvalue weighted by atomic mass is 9.94. The molecule has 190 valence electrons. The van der Waals surface area contributed by atoms with Crippen LogP contribution in [0.5, 0.6) is 5.75 Å². The predicted octanol–water partition coefficient (Wildman–Crippen LogP) is 1.36. The maximum absolute atomic E-state index is 13.6. The van der Waals surface area contributed by atoms with Crippen molar-refractivity contribution in [3.63, 3.8) is 0 Å². The van der Waals surface area contributed by atoms with Crippen LogP contribution in [0.1, 0.15) is 11.1 Å². The third kappa shape index (κ3) is 3.96. The highest BCUT2D eigenvalue weighted by atomic mass is 32.2. The van der Waals surface area contributed by atoms with Crippen LogP contribution in [-0.2, 0) is 47.7 Å². The van der Waals surface area contributed by atoms with Crippen molar-refractivity contribution in [2.45, 2.75) is 41.9 Å². The van der Waals surface area contributed by atoms with Gasteiger partial charge in [0.05, 0.1) is 35.7 Å². The summed E-state index contributed by atoms with van der Waals surface area (Å²) in [5.74, 6) is -0.861. The van der Waals surface area contributed by atoms with E-state index in [1.54, 1.807) is 37.5 Å². The first-order valence-electron chi connectivity index (χ1n) is 11.9. The summed E-state index contributed by atoms with van der Waals surface area (Å²) in [4.78, 5) is 40.5.